The highest BCUT2D eigenvalue weighted by Crippen LogP contribution is 2.32. The third kappa shape index (κ3) is 4.82. The van der Waals surface area contributed by atoms with Gasteiger partial charge in [0.05, 0.1) is 13.2 Å². The smallest absolute Gasteiger partial charge is 0.244 e. The first-order valence-corrected chi connectivity index (χ1v) is 8.75. The van der Waals surface area contributed by atoms with Crippen LogP contribution in [0.5, 0.6) is 11.5 Å². The van der Waals surface area contributed by atoms with Gasteiger partial charge in [0, 0.05) is 17.5 Å². The Bertz CT molecular complexity index is 729. The van der Waals surface area contributed by atoms with Gasteiger partial charge in [0.25, 0.3) is 0 Å². The van der Waals surface area contributed by atoms with Gasteiger partial charge in [-0.3, -0.25) is 4.79 Å². The Morgan fingerprint density at radius 3 is 3.04 bits per heavy atom. The number of thiophene rings is 1. The summed E-state index contributed by atoms with van der Waals surface area (Å²) >= 11 is 1.55. The molecule has 2 aromatic rings. The second-order valence-corrected chi connectivity index (χ2v) is 6.27. The molecule has 1 aliphatic rings. The highest BCUT2D eigenvalue weighted by atomic mass is 32.1. The van der Waals surface area contributed by atoms with Gasteiger partial charge < -0.3 is 24.6 Å². The predicted octanol–water partition coefficient (Wildman–Crippen LogP) is 2.36. The van der Waals surface area contributed by atoms with Crippen molar-refractivity contribution in [1.82, 2.24) is 5.32 Å². The van der Waals surface area contributed by atoms with Crippen LogP contribution in [0, 0.1) is 0 Å². The molecule has 25 heavy (non-hydrogen) atoms. The number of amides is 1. The Kier molecular flexibility index (Phi) is 6.05. The molecule has 0 radical (unpaired) electrons. The zero-order chi connectivity index (χ0) is 17.5. The van der Waals surface area contributed by atoms with E-state index in [-0.39, 0.29) is 32.0 Å². The fourth-order valence-corrected chi connectivity index (χ4v) is 3.13. The zero-order valence-electron chi connectivity index (χ0n) is 13.5. The molecule has 1 amide bonds. The van der Waals surface area contributed by atoms with Gasteiger partial charge in [-0.25, -0.2) is 0 Å². The van der Waals surface area contributed by atoms with E-state index in [0.717, 1.165) is 10.4 Å². The lowest BCUT2D eigenvalue weighted by molar-refractivity contribution is -0.117. The second kappa shape index (κ2) is 8.66. The van der Waals surface area contributed by atoms with Gasteiger partial charge >= 0.3 is 0 Å². The summed E-state index contributed by atoms with van der Waals surface area (Å²) in [5.41, 5.74) is 0.853. The van der Waals surface area contributed by atoms with Crippen molar-refractivity contribution < 1.29 is 24.1 Å². The van der Waals surface area contributed by atoms with Crippen LogP contribution in [-0.2, 0) is 9.53 Å². The fourth-order valence-electron chi connectivity index (χ4n) is 2.35. The van der Waals surface area contributed by atoms with E-state index in [4.69, 9.17) is 19.3 Å². The van der Waals surface area contributed by atoms with E-state index in [0.29, 0.717) is 18.0 Å². The molecule has 0 bridgehead atoms. The summed E-state index contributed by atoms with van der Waals surface area (Å²) in [5, 5.41) is 13.7. The molecular formula is C18H19NO5S. The molecule has 132 valence electrons. The molecule has 1 aromatic carbocycles. The van der Waals surface area contributed by atoms with E-state index >= 15 is 0 Å². The first kappa shape index (κ1) is 17.5. The highest BCUT2D eigenvalue weighted by molar-refractivity contribution is 7.10. The normalized spacial score (nSPS) is 14.0. The van der Waals surface area contributed by atoms with Crippen LogP contribution in [-0.4, -0.2) is 37.6 Å². The molecule has 3 rings (SSSR count). The van der Waals surface area contributed by atoms with E-state index in [1.165, 1.54) is 6.08 Å². The standard InChI is InChI=1S/C18H19NO5S/c20-7-8-22-16(17-2-1-9-25-17)11-19-18(21)6-4-13-3-5-14-15(10-13)24-12-23-14/h1-6,9-10,16,20H,7-8,11-12H2,(H,19,21)/b6-4+/t16-/m0/s1. The van der Waals surface area contributed by atoms with Crippen molar-refractivity contribution in [2.24, 2.45) is 0 Å². The molecule has 1 atom stereocenters. The van der Waals surface area contributed by atoms with Gasteiger partial charge in [-0.2, -0.15) is 0 Å². The van der Waals surface area contributed by atoms with E-state index in [9.17, 15) is 4.79 Å². The van der Waals surface area contributed by atoms with E-state index < -0.39 is 0 Å². The minimum absolute atomic E-state index is 0.0557. The highest BCUT2D eigenvalue weighted by Gasteiger charge is 2.14. The van der Waals surface area contributed by atoms with E-state index in [1.54, 1.807) is 17.4 Å². The van der Waals surface area contributed by atoms with Gasteiger partial charge in [0.1, 0.15) is 6.10 Å². The summed E-state index contributed by atoms with van der Waals surface area (Å²) in [4.78, 5) is 13.1. The maximum atomic E-state index is 12.0. The van der Waals surface area contributed by atoms with Crippen LogP contribution in [0.15, 0.2) is 41.8 Å². The molecular weight excluding hydrogens is 342 g/mol. The molecule has 0 saturated carbocycles. The quantitative estimate of drug-likeness (QED) is 0.706. The monoisotopic (exact) mass is 361 g/mol. The first-order chi connectivity index (χ1) is 12.3. The van der Waals surface area contributed by atoms with Crippen molar-refractivity contribution in [2.45, 2.75) is 6.10 Å². The van der Waals surface area contributed by atoms with Crippen molar-refractivity contribution in [3.05, 3.63) is 52.2 Å². The Morgan fingerprint density at radius 2 is 2.24 bits per heavy atom. The Morgan fingerprint density at radius 1 is 1.36 bits per heavy atom. The molecule has 0 unspecified atom stereocenters. The van der Waals surface area contributed by atoms with Crippen LogP contribution >= 0.6 is 11.3 Å². The summed E-state index contributed by atoms with van der Waals surface area (Å²) in [6, 6.07) is 9.37. The number of benzene rings is 1. The van der Waals surface area contributed by atoms with Crippen LogP contribution in [0.4, 0.5) is 0 Å². The fraction of sp³-hybridized carbons (Fsp3) is 0.278. The molecule has 6 nitrogen and oxygen atoms in total. The van der Waals surface area contributed by atoms with Crippen LogP contribution in [0.2, 0.25) is 0 Å². The Labute approximate surface area is 149 Å². The van der Waals surface area contributed by atoms with Gasteiger partial charge in [-0.1, -0.05) is 12.1 Å². The molecule has 2 N–H and O–H groups in total. The van der Waals surface area contributed by atoms with Gasteiger partial charge in [-0.05, 0) is 35.2 Å². The lowest BCUT2D eigenvalue weighted by Crippen LogP contribution is -2.28. The average Bonchev–Trinajstić information content (AvgIpc) is 3.31. The van der Waals surface area contributed by atoms with Crippen molar-refractivity contribution in [2.75, 3.05) is 26.6 Å². The number of carbonyl (C=O) groups is 1. The van der Waals surface area contributed by atoms with Crippen LogP contribution in [0.3, 0.4) is 0 Å². The maximum Gasteiger partial charge on any atom is 0.244 e. The minimum Gasteiger partial charge on any atom is -0.454 e. The van der Waals surface area contributed by atoms with Crippen LogP contribution in [0.25, 0.3) is 6.08 Å². The lowest BCUT2D eigenvalue weighted by Gasteiger charge is -2.16. The molecule has 0 spiro atoms. The summed E-state index contributed by atoms with van der Waals surface area (Å²) in [7, 11) is 0. The second-order valence-electron chi connectivity index (χ2n) is 5.29. The summed E-state index contributed by atoms with van der Waals surface area (Å²) < 4.78 is 16.2. The van der Waals surface area contributed by atoms with Gasteiger partial charge in [0.15, 0.2) is 11.5 Å². The largest absolute Gasteiger partial charge is 0.454 e. The number of fused-ring (bicyclic) bond motifs is 1. The maximum absolute atomic E-state index is 12.0. The molecule has 0 fully saturated rings. The number of hydrogen-bond donors (Lipinski definition) is 2. The molecule has 1 aliphatic heterocycles. The number of carbonyl (C=O) groups excluding carboxylic acids is 1. The van der Waals surface area contributed by atoms with Crippen molar-refractivity contribution in [1.29, 1.82) is 0 Å². The number of hydrogen-bond acceptors (Lipinski definition) is 6. The molecule has 0 aliphatic carbocycles. The molecule has 7 heteroatoms. The first-order valence-electron chi connectivity index (χ1n) is 7.87. The molecule has 1 aromatic heterocycles. The average molecular weight is 361 g/mol. The third-order valence-corrected chi connectivity index (χ3v) is 4.52. The van der Waals surface area contributed by atoms with Crippen molar-refractivity contribution in [3.63, 3.8) is 0 Å². The lowest BCUT2D eigenvalue weighted by atomic mass is 10.2. The number of aliphatic hydroxyl groups excluding tert-OH is 1. The molecule has 0 saturated heterocycles. The third-order valence-electron chi connectivity index (χ3n) is 3.56. The Balaban J connectivity index is 1.54. The van der Waals surface area contributed by atoms with Gasteiger partial charge in [-0.15, -0.1) is 11.3 Å². The van der Waals surface area contributed by atoms with Gasteiger partial charge in [0.2, 0.25) is 12.7 Å². The van der Waals surface area contributed by atoms with Crippen molar-refractivity contribution >= 4 is 23.3 Å². The Hall–Kier alpha value is -2.35. The molecule has 2 heterocycles. The summed E-state index contributed by atoms with van der Waals surface area (Å²) in [5.74, 6) is 1.17. The number of ether oxygens (including phenoxy) is 3. The summed E-state index contributed by atoms with van der Waals surface area (Å²) in [6.07, 6.45) is 2.91. The van der Waals surface area contributed by atoms with Crippen molar-refractivity contribution in [3.8, 4) is 11.5 Å². The number of nitrogens with one attached hydrogen (secondary N) is 1. The summed E-state index contributed by atoms with van der Waals surface area (Å²) in [6.45, 7) is 0.733. The predicted molar refractivity (Wildman–Crippen MR) is 94.7 cm³/mol. The topological polar surface area (TPSA) is 77.0 Å². The number of aliphatic hydroxyl groups is 1. The zero-order valence-corrected chi connectivity index (χ0v) is 14.3. The van der Waals surface area contributed by atoms with E-state index in [1.807, 2.05) is 35.7 Å². The SMILES string of the molecule is O=C(/C=C/c1ccc2c(c1)OCO2)NC[C@H](OCCO)c1cccs1. The minimum atomic E-state index is -0.268. The van der Waals surface area contributed by atoms with Crippen LogP contribution < -0.4 is 14.8 Å². The number of rotatable bonds is 8. The van der Waals surface area contributed by atoms with Crippen LogP contribution in [0.1, 0.15) is 16.5 Å². The van der Waals surface area contributed by atoms with E-state index in [2.05, 4.69) is 5.32 Å².